The average molecular weight is 359 g/mol. The lowest BCUT2D eigenvalue weighted by Gasteiger charge is -2.51. The first kappa shape index (κ1) is 17.6. The van der Waals surface area contributed by atoms with Crippen molar-refractivity contribution in [2.24, 2.45) is 29.1 Å². The van der Waals surface area contributed by atoms with Crippen molar-refractivity contribution in [1.82, 2.24) is 0 Å². The molecule has 0 N–H and O–H groups in total. The maximum atomic E-state index is 12.8. The Morgan fingerprint density at radius 3 is 2.80 bits per heavy atom. The maximum Gasteiger partial charge on any atom is 0.156 e. The lowest BCUT2D eigenvalue weighted by Crippen LogP contribution is -2.45. The molecule has 2 saturated carbocycles. The second-order valence-electron chi connectivity index (χ2n) is 8.96. The predicted molar refractivity (Wildman–Crippen MR) is 104 cm³/mol. The van der Waals surface area contributed by atoms with Crippen LogP contribution in [-0.4, -0.2) is 23.6 Å². The van der Waals surface area contributed by atoms with Crippen LogP contribution in [0.25, 0.3) is 0 Å². The minimum Gasteiger partial charge on any atom is -0.298 e. The highest BCUT2D eigenvalue weighted by Gasteiger charge is 2.56. The Bertz CT molecular complexity index is 674. The second-order valence-corrected chi connectivity index (χ2v) is 9.83. The Hall–Kier alpha value is -0.830. The maximum absolute atomic E-state index is 12.8. The standard InChI is InChI=1S/C22H30O2S/c1-13-11-22(2)18(8-9-19(22)20(24)12-25-3)17-6-4-14-10-15(23)5-7-16(14)21(13)17/h10,13,17-19H,4-9,11-12H2,1-3H3. The van der Waals surface area contributed by atoms with Gasteiger partial charge >= 0.3 is 0 Å². The van der Waals surface area contributed by atoms with Gasteiger partial charge in [-0.25, -0.2) is 0 Å². The van der Waals surface area contributed by atoms with Crippen LogP contribution in [-0.2, 0) is 9.59 Å². The van der Waals surface area contributed by atoms with E-state index in [1.165, 1.54) is 24.0 Å². The number of thioether (sulfide) groups is 1. The highest BCUT2D eigenvalue weighted by molar-refractivity contribution is 7.99. The van der Waals surface area contributed by atoms with Gasteiger partial charge in [0, 0.05) is 12.3 Å². The normalized spacial score (nSPS) is 40.3. The molecule has 3 heteroatoms. The van der Waals surface area contributed by atoms with Gasteiger partial charge in [-0.2, -0.15) is 11.8 Å². The minimum absolute atomic E-state index is 0.187. The number of Topliss-reactive ketones (excluding diaryl/α,β-unsaturated/α-hetero) is 1. The molecule has 0 aromatic rings. The van der Waals surface area contributed by atoms with Crippen molar-refractivity contribution in [2.45, 2.75) is 58.8 Å². The molecule has 25 heavy (non-hydrogen) atoms. The fourth-order valence-corrected chi connectivity index (χ4v) is 7.33. The molecule has 5 unspecified atom stereocenters. The van der Waals surface area contributed by atoms with Crippen LogP contribution in [0.4, 0.5) is 0 Å². The average Bonchev–Trinajstić information content (AvgIpc) is 2.91. The molecule has 0 bridgehead atoms. The molecule has 4 aliphatic carbocycles. The molecular weight excluding hydrogens is 328 g/mol. The number of hydrogen-bond acceptors (Lipinski definition) is 3. The summed E-state index contributed by atoms with van der Waals surface area (Å²) < 4.78 is 0. The van der Waals surface area contributed by atoms with Gasteiger partial charge in [-0.05, 0) is 85.2 Å². The molecule has 0 aromatic heterocycles. The minimum atomic E-state index is 0.187. The van der Waals surface area contributed by atoms with Gasteiger partial charge in [0.2, 0.25) is 0 Å². The third-order valence-corrected chi connectivity index (χ3v) is 8.24. The van der Waals surface area contributed by atoms with E-state index >= 15 is 0 Å². The van der Waals surface area contributed by atoms with E-state index in [1.807, 2.05) is 12.3 Å². The third-order valence-electron chi connectivity index (χ3n) is 7.66. The van der Waals surface area contributed by atoms with Crippen molar-refractivity contribution < 1.29 is 9.59 Å². The second kappa shape index (κ2) is 6.40. The van der Waals surface area contributed by atoms with E-state index in [2.05, 4.69) is 13.8 Å². The summed E-state index contributed by atoms with van der Waals surface area (Å²) in [5, 5.41) is 0. The Balaban J connectivity index is 1.70. The smallest absolute Gasteiger partial charge is 0.156 e. The van der Waals surface area contributed by atoms with E-state index in [9.17, 15) is 9.59 Å². The first-order chi connectivity index (χ1) is 12.0. The molecule has 0 heterocycles. The Kier molecular flexibility index (Phi) is 4.50. The molecule has 0 radical (unpaired) electrons. The van der Waals surface area contributed by atoms with Crippen molar-refractivity contribution in [3.63, 3.8) is 0 Å². The molecule has 4 aliphatic rings. The van der Waals surface area contributed by atoms with Crippen LogP contribution in [0.2, 0.25) is 0 Å². The van der Waals surface area contributed by atoms with E-state index in [0.717, 1.165) is 25.7 Å². The van der Waals surface area contributed by atoms with E-state index in [1.54, 1.807) is 17.3 Å². The van der Waals surface area contributed by atoms with Gasteiger partial charge in [0.15, 0.2) is 5.78 Å². The lowest BCUT2D eigenvalue weighted by molar-refractivity contribution is -0.125. The van der Waals surface area contributed by atoms with Gasteiger partial charge in [0.1, 0.15) is 5.78 Å². The molecule has 0 aliphatic heterocycles. The molecule has 0 spiro atoms. The van der Waals surface area contributed by atoms with E-state index < -0.39 is 0 Å². The zero-order valence-electron chi connectivity index (χ0n) is 15.8. The van der Waals surface area contributed by atoms with Crippen LogP contribution in [0, 0.1) is 29.1 Å². The van der Waals surface area contributed by atoms with Gasteiger partial charge in [-0.3, -0.25) is 9.59 Å². The van der Waals surface area contributed by atoms with E-state index in [0.29, 0.717) is 41.5 Å². The molecule has 2 fully saturated rings. The van der Waals surface area contributed by atoms with Crippen LogP contribution in [0.1, 0.15) is 58.8 Å². The summed E-state index contributed by atoms with van der Waals surface area (Å²) in [6, 6.07) is 0. The number of carbonyl (C=O) groups excluding carboxylic acids is 2. The Morgan fingerprint density at radius 2 is 2.04 bits per heavy atom. The molecule has 4 rings (SSSR count). The SMILES string of the molecule is CSCC(=O)C1CCC2C3CCC4=CC(=O)CCC4=C3C(C)CC12C. The summed E-state index contributed by atoms with van der Waals surface area (Å²) in [6.07, 6.45) is 11.3. The van der Waals surface area contributed by atoms with Gasteiger partial charge in [-0.1, -0.05) is 19.4 Å². The third kappa shape index (κ3) is 2.69. The number of rotatable bonds is 3. The van der Waals surface area contributed by atoms with Crippen LogP contribution < -0.4 is 0 Å². The van der Waals surface area contributed by atoms with Crippen molar-refractivity contribution in [2.75, 3.05) is 12.0 Å². The molecule has 5 atom stereocenters. The van der Waals surface area contributed by atoms with Crippen LogP contribution in [0.5, 0.6) is 0 Å². The first-order valence-corrected chi connectivity index (χ1v) is 11.3. The molecule has 0 amide bonds. The van der Waals surface area contributed by atoms with Crippen molar-refractivity contribution >= 4 is 23.3 Å². The highest BCUT2D eigenvalue weighted by atomic mass is 32.2. The summed E-state index contributed by atoms with van der Waals surface area (Å²) in [6.45, 7) is 4.80. The number of hydrogen-bond donors (Lipinski definition) is 0. The fourth-order valence-electron chi connectivity index (χ4n) is 6.85. The molecule has 0 saturated heterocycles. The number of fused-ring (bicyclic) bond motifs is 4. The van der Waals surface area contributed by atoms with Gasteiger partial charge < -0.3 is 0 Å². The fraction of sp³-hybridized carbons (Fsp3) is 0.727. The first-order valence-electron chi connectivity index (χ1n) is 9.94. The van der Waals surface area contributed by atoms with Gasteiger partial charge in [0.05, 0.1) is 5.75 Å². The molecule has 136 valence electrons. The van der Waals surface area contributed by atoms with Crippen molar-refractivity contribution in [3.8, 4) is 0 Å². The summed E-state index contributed by atoms with van der Waals surface area (Å²) in [7, 11) is 0. The summed E-state index contributed by atoms with van der Waals surface area (Å²) in [4.78, 5) is 24.6. The largest absolute Gasteiger partial charge is 0.298 e. The van der Waals surface area contributed by atoms with E-state index in [4.69, 9.17) is 0 Å². The number of allylic oxidation sites excluding steroid dienone is 4. The van der Waals surface area contributed by atoms with Crippen LogP contribution >= 0.6 is 11.8 Å². The molecule has 0 aromatic carbocycles. The quantitative estimate of drug-likeness (QED) is 0.713. The van der Waals surface area contributed by atoms with Gasteiger partial charge in [-0.15, -0.1) is 0 Å². The summed E-state index contributed by atoms with van der Waals surface area (Å²) >= 11 is 1.68. The zero-order valence-corrected chi connectivity index (χ0v) is 16.6. The highest BCUT2D eigenvalue weighted by Crippen LogP contribution is 2.63. The van der Waals surface area contributed by atoms with Crippen LogP contribution in [0.3, 0.4) is 0 Å². The zero-order chi connectivity index (χ0) is 17.8. The topological polar surface area (TPSA) is 34.1 Å². The lowest BCUT2D eigenvalue weighted by atomic mass is 9.53. The Morgan fingerprint density at radius 1 is 1.24 bits per heavy atom. The van der Waals surface area contributed by atoms with Gasteiger partial charge in [0.25, 0.3) is 0 Å². The Labute approximate surface area is 155 Å². The monoisotopic (exact) mass is 358 g/mol. The number of carbonyl (C=O) groups is 2. The number of ketones is 2. The molecular formula is C22H30O2S. The summed E-state index contributed by atoms with van der Waals surface area (Å²) in [5.74, 6) is 3.62. The predicted octanol–water partition coefficient (Wildman–Crippen LogP) is 4.99. The van der Waals surface area contributed by atoms with E-state index in [-0.39, 0.29) is 11.3 Å². The van der Waals surface area contributed by atoms with Crippen LogP contribution in [0.15, 0.2) is 22.8 Å². The molecule has 2 nitrogen and oxygen atoms in total. The summed E-state index contributed by atoms with van der Waals surface area (Å²) in [5.41, 5.74) is 4.73. The van der Waals surface area contributed by atoms with Crippen molar-refractivity contribution in [3.05, 3.63) is 22.8 Å². The van der Waals surface area contributed by atoms with Crippen molar-refractivity contribution in [1.29, 1.82) is 0 Å².